The van der Waals surface area contributed by atoms with Gasteiger partial charge in [0.1, 0.15) is 5.82 Å². The molecule has 0 radical (unpaired) electrons. The van der Waals surface area contributed by atoms with Gasteiger partial charge >= 0.3 is 0 Å². The molecule has 2 heterocycles. The molecular weight excluding hydrogens is 258 g/mol. The third-order valence-electron chi connectivity index (χ3n) is 3.32. The Morgan fingerprint density at radius 1 is 1.60 bits per heavy atom. The minimum Gasteiger partial charge on any atom is -0.391 e. The number of aliphatic hydroxyl groups is 1. The van der Waals surface area contributed by atoms with Crippen LogP contribution in [-0.4, -0.2) is 55.5 Å². The highest BCUT2D eigenvalue weighted by Crippen LogP contribution is 2.17. The molecule has 1 aliphatic rings. The highest BCUT2D eigenvalue weighted by Gasteiger charge is 2.18. The number of methoxy groups -OCH3 is 1. The molecule has 1 aromatic heterocycles. The summed E-state index contributed by atoms with van der Waals surface area (Å²) in [6, 6.07) is 3.58. The maximum absolute atomic E-state index is 11.8. The number of nitrogens with zero attached hydrogens (tertiary/aromatic N) is 2. The summed E-state index contributed by atoms with van der Waals surface area (Å²) in [7, 11) is 1.59. The van der Waals surface area contributed by atoms with Crippen molar-refractivity contribution in [1.29, 1.82) is 0 Å². The van der Waals surface area contributed by atoms with Crippen molar-refractivity contribution in [1.82, 2.24) is 10.3 Å². The van der Waals surface area contributed by atoms with E-state index in [-0.39, 0.29) is 12.0 Å². The summed E-state index contributed by atoms with van der Waals surface area (Å²) in [5, 5.41) is 12.4. The van der Waals surface area contributed by atoms with E-state index in [0.29, 0.717) is 25.3 Å². The number of carbonyl (C=O) groups is 1. The van der Waals surface area contributed by atoms with Crippen LogP contribution in [0.3, 0.4) is 0 Å². The Kier molecular flexibility index (Phi) is 5.31. The molecule has 1 fully saturated rings. The van der Waals surface area contributed by atoms with Crippen LogP contribution in [0, 0.1) is 0 Å². The van der Waals surface area contributed by atoms with Crippen molar-refractivity contribution in [3.63, 3.8) is 0 Å². The molecule has 2 rings (SSSR count). The molecule has 0 unspecified atom stereocenters. The summed E-state index contributed by atoms with van der Waals surface area (Å²) in [6.07, 6.45) is 3.08. The molecule has 1 aromatic rings. The van der Waals surface area contributed by atoms with Crippen molar-refractivity contribution in [3.05, 3.63) is 23.9 Å². The number of hydrogen-bond donors (Lipinski definition) is 2. The quantitative estimate of drug-likeness (QED) is 0.764. The molecular formula is C14H21N3O3. The summed E-state index contributed by atoms with van der Waals surface area (Å²) < 4.78 is 4.88. The van der Waals surface area contributed by atoms with Crippen LogP contribution in [0.4, 0.5) is 5.82 Å². The van der Waals surface area contributed by atoms with Gasteiger partial charge in [-0.15, -0.1) is 0 Å². The van der Waals surface area contributed by atoms with Gasteiger partial charge in [0.2, 0.25) is 0 Å². The van der Waals surface area contributed by atoms with Crippen LogP contribution in [0.15, 0.2) is 18.3 Å². The number of anilines is 1. The van der Waals surface area contributed by atoms with Gasteiger partial charge in [-0.05, 0) is 25.0 Å². The Hall–Kier alpha value is -1.66. The number of ether oxygens (including phenoxy) is 1. The Labute approximate surface area is 118 Å². The van der Waals surface area contributed by atoms with E-state index < -0.39 is 0 Å². The first-order valence-electron chi connectivity index (χ1n) is 6.87. The predicted molar refractivity (Wildman–Crippen MR) is 75.9 cm³/mol. The third kappa shape index (κ3) is 3.91. The van der Waals surface area contributed by atoms with Gasteiger partial charge in [0, 0.05) is 32.9 Å². The monoisotopic (exact) mass is 279 g/mol. The van der Waals surface area contributed by atoms with Crippen LogP contribution >= 0.6 is 0 Å². The summed E-state index contributed by atoms with van der Waals surface area (Å²) in [6.45, 7) is 2.47. The first-order chi connectivity index (χ1) is 9.70. The normalized spacial score (nSPS) is 18.9. The van der Waals surface area contributed by atoms with Gasteiger partial charge in [-0.25, -0.2) is 4.98 Å². The van der Waals surface area contributed by atoms with Crippen LogP contribution in [0.5, 0.6) is 0 Å². The first kappa shape index (κ1) is 14.7. The lowest BCUT2D eigenvalue weighted by atomic mass is 10.1. The Morgan fingerprint density at radius 3 is 3.10 bits per heavy atom. The van der Waals surface area contributed by atoms with E-state index in [2.05, 4.69) is 10.3 Å². The zero-order valence-corrected chi connectivity index (χ0v) is 11.7. The summed E-state index contributed by atoms with van der Waals surface area (Å²) in [5.41, 5.74) is 0.530. The summed E-state index contributed by atoms with van der Waals surface area (Å²) in [4.78, 5) is 18.2. The van der Waals surface area contributed by atoms with Crippen LogP contribution in [-0.2, 0) is 4.74 Å². The lowest BCUT2D eigenvalue weighted by Crippen LogP contribution is -2.38. The Bertz CT molecular complexity index is 436. The van der Waals surface area contributed by atoms with Crippen molar-refractivity contribution < 1.29 is 14.6 Å². The van der Waals surface area contributed by atoms with Gasteiger partial charge in [-0.3, -0.25) is 4.79 Å². The number of hydrogen-bond acceptors (Lipinski definition) is 5. The number of piperidine rings is 1. The van der Waals surface area contributed by atoms with E-state index in [9.17, 15) is 9.90 Å². The smallest absolute Gasteiger partial charge is 0.252 e. The van der Waals surface area contributed by atoms with Crippen molar-refractivity contribution in [2.24, 2.45) is 0 Å². The largest absolute Gasteiger partial charge is 0.391 e. The fourth-order valence-corrected chi connectivity index (χ4v) is 2.24. The minimum atomic E-state index is -0.289. The molecule has 110 valence electrons. The van der Waals surface area contributed by atoms with E-state index in [0.717, 1.165) is 25.2 Å². The molecule has 0 aliphatic carbocycles. The number of amides is 1. The van der Waals surface area contributed by atoms with Crippen molar-refractivity contribution in [3.8, 4) is 0 Å². The third-order valence-corrected chi connectivity index (χ3v) is 3.32. The Morgan fingerprint density at radius 2 is 2.45 bits per heavy atom. The van der Waals surface area contributed by atoms with Crippen LogP contribution in [0.25, 0.3) is 0 Å². The van der Waals surface area contributed by atoms with Gasteiger partial charge in [0.15, 0.2) is 0 Å². The zero-order chi connectivity index (χ0) is 14.4. The fourth-order valence-electron chi connectivity index (χ4n) is 2.24. The lowest BCUT2D eigenvalue weighted by Gasteiger charge is -2.30. The minimum absolute atomic E-state index is 0.153. The standard InChI is InChI=1S/C14H21N3O3/c1-20-8-6-15-14(19)11-4-5-13(16-9-11)17-7-2-3-12(18)10-17/h4-5,9,12,18H,2-3,6-8,10H2,1H3,(H,15,19)/t12-/m0/s1. The van der Waals surface area contributed by atoms with Crippen LogP contribution in [0.1, 0.15) is 23.2 Å². The van der Waals surface area contributed by atoms with Crippen LogP contribution in [0.2, 0.25) is 0 Å². The van der Waals surface area contributed by atoms with Crippen LogP contribution < -0.4 is 10.2 Å². The van der Waals surface area contributed by atoms with Gasteiger partial charge in [0.25, 0.3) is 5.91 Å². The number of pyridine rings is 1. The molecule has 1 saturated heterocycles. The number of aliphatic hydroxyl groups excluding tert-OH is 1. The molecule has 0 spiro atoms. The second kappa shape index (κ2) is 7.21. The van der Waals surface area contributed by atoms with E-state index in [4.69, 9.17) is 4.74 Å². The second-order valence-corrected chi connectivity index (χ2v) is 4.90. The van der Waals surface area contributed by atoms with Crippen molar-refractivity contribution in [2.45, 2.75) is 18.9 Å². The van der Waals surface area contributed by atoms with Crippen molar-refractivity contribution >= 4 is 11.7 Å². The van der Waals surface area contributed by atoms with Gasteiger partial charge in [0.05, 0.1) is 18.3 Å². The molecule has 1 atom stereocenters. The number of rotatable bonds is 5. The maximum atomic E-state index is 11.8. The van der Waals surface area contributed by atoms with Gasteiger partial charge in [-0.2, -0.15) is 0 Å². The summed E-state index contributed by atoms with van der Waals surface area (Å²) in [5.74, 6) is 0.650. The lowest BCUT2D eigenvalue weighted by molar-refractivity contribution is 0.0936. The number of aromatic nitrogens is 1. The zero-order valence-electron chi connectivity index (χ0n) is 11.7. The van der Waals surface area contributed by atoms with E-state index in [1.54, 1.807) is 19.4 Å². The Balaban J connectivity index is 1.93. The molecule has 6 nitrogen and oxygen atoms in total. The number of β-amino-alcohol motifs (C(OH)–C–C–N with tert-alkyl or cyclic N) is 1. The van der Waals surface area contributed by atoms with E-state index in [1.807, 2.05) is 11.0 Å². The highest BCUT2D eigenvalue weighted by atomic mass is 16.5. The average Bonchev–Trinajstić information content (AvgIpc) is 2.47. The second-order valence-electron chi connectivity index (χ2n) is 4.90. The first-order valence-corrected chi connectivity index (χ1v) is 6.87. The topological polar surface area (TPSA) is 74.7 Å². The molecule has 20 heavy (non-hydrogen) atoms. The highest BCUT2D eigenvalue weighted by molar-refractivity contribution is 5.94. The molecule has 2 N–H and O–H groups in total. The van der Waals surface area contributed by atoms with Gasteiger partial charge < -0.3 is 20.1 Å². The molecule has 1 amide bonds. The van der Waals surface area contributed by atoms with E-state index >= 15 is 0 Å². The SMILES string of the molecule is COCCNC(=O)c1ccc(N2CCC[C@H](O)C2)nc1. The molecule has 1 aliphatic heterocycles. The van der Waals surface area contributed by atoms with Crippen molar-refractivity contribution in [2.75, 3.05) is 38.3 Å². The number of carbonyl (C=O) groups excluding carboxylic acids is 1. The molecule has 0 bridgehead atoms. The number of nitrogens with one attached hydrogen (secondary N) is 1. The fraction of sp³-hybridized carbons (Fsp3) is 0.571. The van der Waals surface area contributed by atoms with Gasteiger partial charge in [-0.1, -0.05) is 0 Å². The molecule has 0 saturated carbocycles. The predicted octanol–water partition coefficient (Wildman–Crippen LogP) is 0.419. The average molecular weight is 279 g/mol. The summed E-state index contributed by atoms with van der Waals surface area (Å²) >= 11 is 0. The molecule has 6 heteroatoms. The maximum Gasteiger partial charge on any atom is 0.252 e. The van der Waals surface area contributed by atoms with E-state index in [1.165, 1.54) is 0 Å². The molecule has 0 aromatic carbocycles.